The molecule has 0 aliphatic rings. The number of nitrogens with one attached hydrogen (secondary N) is 2. The molecule has 0 radical (unpaired) electrons. The van der Waals surface area contributed by atoms with Crippen molar-refractivity contribution in [2.24, 2.45) is 0 Å². The van der Waals surface area contributed by atoms with Gasteiger partial charge in [0.2, 0.25) is 11.8 Å². The minimum absolute atomic E-state index is 0.0512. The molecule has 0 spiro atoms. The lowest BCUT2D eigenvalue weighted by atomic mass is 10.2. The lowest BCUT2D eigenvalue weighted by Gasteiger charge is -2.15. The Hall–Kier alpha value is -1.98. The van der Waals surface area contributed by atoms with Crippen molar-refractivity contribution in [1.82, 2.24) is 0 Å². The van der Waals surface area contributed by atoms with Gasteiger partial charge >= 0.3 is 0 Å². The van der Waals surface area contributed by atoms with E-state index in [1.54, 1.807) is 24.3 Å². The molecule has 0 saturated carbocycles. The topological polar surface area (TPSA) is 58.2 Å². The number of amides is 2. The summed E-state index contributed by atoms with van der Waals surface area (Å²) in [7, 11) is 0. The Morgan fingerprint density at radius 3 is 2.04 bits per heavy atom. The normalized spacial score (nSPS) is 11.6. The van der Waals surface area contributed by atoms with Crippen molar-refractivity contribution < 1.29 is 9.59 Å². The highest BCUT2D eigenvalue weighted by molar-refractivity contribution is 8.00. The molecule has 24 heavy (non-hydrogen) atoms. The first-order valence-electron chi connectivity index (χ1n) is 7.58. The Labute approximate surface area is 151 Å². The lowest BCUT2D eigenvalue weighted by Crippen LogP contribution is -2.24. The van der Waals surface area contributed by atoms with Crippen LogP contribution in [0, 0.1) is 0 Å². The predicted molar refractivity (Wildman–Crippen MR) is 101 cm³/mol. The van der Waals surface area contributed by atoms with E-state index in [-0.39, 0.29) is 17.1 Å². The van der Waals surface area contributed by atoms with Gasteiger partial charge in [0.25, 0.3) is 0 Å². The summed E-state index contributed by atoms with van der Waals surface area (Å²) in [6, 6.07) is 14.5. The van der Waals surface area contributed by atoms with Gasteiger partial charge in [-0.15, -0.1) is 11.8 Å². The first kappa shape index (κ1) is 18.4. The van der Waals surface area contributed by atoms with Gasteiger partial charge in [-0.2, -0.15) is 0 Å². The second kappa shape index (κ2) is 8.76. The van der Waals surface area contributed by atoms with Crippen LogP contribution in [-0.2, 0) is 9.59 Å². The summed E-state index contributed by atoms with van der Waals surface area (Å²) in [4.78, 5) is 24.5. The van der Waals surface area contributed by atoms with Crippen molar-refractivity contribution in [2.45, 2.75) is 30.4 Å². The summed E-state index contributed by atoms with van der Waals surface area (Å²) >= 11 is 7.39. The maximum absolute atomic E-state index is 12.4. The van der Waals surface area contributed by atoms with Gasteiger partial charge in [-0.05, 0) is 55.0 Å². The standard InChI is InChI=1S/C18H19ClN2O2S/c1-3-17(24-16-10-4-13(19)5-11-16)18(23)21-15-8-6-14(7-9-15)20-12(2)22/h4-11,17H,3H2,1-2H3,(H,20,22)(H,21,23)/t17-/m0/s1. The van der Waals surface area contributed by atoms with Crippen molar-refractivity contribution in [3.05, 3.63) is 53.6 Å². The van der Waals surface area contributed by atoms with E-state index >= 15 is 0 Å². The van der Waals surface area contributed by atoms with Crippen molar-refractivity contribution in [3.63, 3.8) is 0 Å². The zero-order chi connectivity index (χ0) is 17.5. The number of hydrogen-bond donors (Lipinski definition) is 2. The summed E-state index contributed by atoms with van der Waals surface area (Å²) in [5, 5.41) is 6.08. The maximum Gasteiger partial charge on any atom is 0.237 e. The third-order valence-corrected chi connectivity index (χ3v) is 4.86. The zero-order valence-electron chi connectivity index (χ0n) is 13.5. The Balaban J connectivity index is 1.98. The molecule has 2 N–H and O–H groups in total. The minimum atomic E-state index is -0.193. The molecule has 0 aromatic heterocycles. The van der Waals surface area contributed by atoms with E-state index in [1.807, 2.05) is 31.2 Å². The Bertz CT molecular complexity index is 702. The van der Waals surface area contributed by atoms with E-state index in [9.17, 15) is 9.59 Å². The Kier molecular flexibility index (Phi) is 6.70. The number of halogens is 1. The number of benzene rings is 2. The van der Waals surface area contributed by atoms with E-state index in [0.717, 1.165) is 4.90 Å². The predicted octanol–water partition coefficient (Wildman–Crippen LogP) is 4.81. The van der Waals surface area contributed by atoms with Crippen molar-refractivity contribution in [3.8, 4) is 0 Å². The summed E-state index contributed by atoms with van der Waals surface area (Å²) in [5.74, 6) is -0.179. The van der Waals surface area contributed by atoms with Gasteiger partial charge in [-0.1, -0.05) is 18.5 Å². The molecular weight excluding hydrogens is 344 g/mol. The molecule has 0 bridgehead atoms. The third kappa shape index (κ3) is 5.58. The smallest absolute Gasteiger partial charge is 0.237 e. The lowest BCUT2D eigenvalue weighted by molar-refractivity contribution is -0.116. The number of thioether (sulfide) groups is 1. The molecule has 2 rings (SSSR count). The highest BCUT2D eigenvalue weighted by Crippen LogP contribution is 2.27. The van der Waals surface area contributed by atoms with E-state index < -0.39 is 0 Å². The van der Waals surface area contributed by atoms with E-state index in [4.69, 9.17) is 11.6 Å². The molecule has 1 atom stereocenters. The fourth-order valence-corrected chi connectivity index (χ4v) is 3.14. The molecule has 0 fully saturated rings. The molecule has 0 aliphatic heterocycles. The zero-order valence-corrected chi connectivity index (χ0v) is 15.1. The average Bonchev–Trinajstić information content (AvgIpc) is 2.55. The summed E-state index contributed by atoms with van der Waals surface area (Å²) < 4.78 is 0. The van der Waals surface area contributed by atoms with Crippen LogP contribution in [0.3, 0.4) is 0 Å². The number of hydrogen-bond acceptors (Lipinski definition) is 3. The summed E-state index contributed by atoms with van der Waals surface area (Å²) in [6.45, 7) is 3.43. The number of carbonyl (C=O) groups excluding carboxylic acids is 2. The van der Waals surface area contributed by atoms with Crippen molar-refractivity contribution in [1.29, 1.82) is 0 Å². The molecule has 2 aromatic rings. The molecule has 2 aromatic carbocycles. The Morgan fingerprint density at radius 2 is 1.54 bits per heavy atom. The van der Waals surface area contributed by atoms with Crippen LogP contribution in [0.1, 0.15) is 20.3 Å². The molecule has 2 amide bonds. The molecule has 126 valence electrons. The maximum atomic E-state index is 12.4. The van der Waals surface area contributed by atoms with Gasteiger partial charge in [-0.25, -0.2) is 0 Å². The van der Waals surface area contributed by atoms with Crippen LogP contribution in [0.25, 0.3) is 0 Å². The molecule has 0 heterocycles. The quantitative estimate of drug-likeness (QED) is 0.725. The highest BCUT2D eigenvalue weighted by Gasteiger charge is 2.18. The third-order valence-electron chi connectivity index (χ3n) is 3.23. The number of rotatable bonds is 6. The van der Waals surface area contributed by atoms with E-state index in [0.29, 0.717) is 22.8 Å². The van der Waals surface area contributed by atoms with E-state index in [2.05, 4.69) is 10.6 Å². The van der Waals surface area contributed by atoms with Gasteiger partial charge in [0.1, 0.15) is 0 Å². The van der Waals surface area contributed by atoms with Crippen LogP contribution in [0.15, 0.2) is 53.4 Å². The summed E-state index contributed by atoms with van der Waals surface area (Å²) in [5.41, 5.74) is 1.40. The second-order valence-electron chi connectivity index (χ2n) is 5.22. The molecule has 0 unspecified atom stereocenters. The van der Waals surface area contributed by atoms with Gasteiger partial charge in [0, 0.05) is 28.2 Å². The fourth-order valence-electron chi connectivity index (χ4n) is 2.06. The molecule has 0 saturated heterocycles. The molecule has 4 nitrogen and oxygen atoms in total. The highest BCUT2D eigenvalue weighted by atomic mass is 35.5. The molecular formula is C18H19ClN2O2S. The summed E-state index contributed by atoms with van der Waals surface area (Å²) in [6.07, 6.45) is 0.711. The molecule has 0 aliphatic carbocycles. The van der Waals surface area contributed by atoms with Gasteiger partial charge < -0.3 is 10.6 Å². The fraction of sp³-hybridized carbons (Fsp3) is 0.222. The average molecular weight is 363 g/mol. The van der Waals surface area contributed by atoms with Gasteiger partial charge in [-0.3, -0.25) is 9.59 Å². The van der Waals surface area contributed by atoms with Crippen LogP contribution >= 0.6 is 23.4 Å². The second-order valence-corrected chi connectivity index (χ2v) is 6.93. The van der Waals surface area contributed by atoms with Gasteiger partial charge in [0.15, 0.2) is 0 Å². The van der Waals surface area contributed by atoms with E-state index in [1.165, 1.54) is 18.7 Å². The number of anilines is 2. The van der Waals surface area contributed by atoms with Crippen LogP contribution in [-0.4, -0.2) is 17.1 Å². The van der Waals surface area contributed by atoms with Gasteiger partial charge in [0.05, 0.1) is 5.25 Å². The van der Waals surface area contributed by atoms with Crippen molar-refractivity contribution in [2.75, 3.05) is 10.6 Å². The van der Waals surface area contributed by atoms with Crippen LogP contribution in [0.4, 0.5) is 11.4 Å². The Morgan fingerprint density at radius 1 is 1.00 bits per heavy atom. The first-order chi connectivity index (χ1) is 11.5. The first-order valence-corrected chi connectivity index (χ1v) is 8.84. The SMILES string of the molecule is CC[C@H](Sc1ccc(Cl)cc1)C(=O)Nc1ccc(NC(C)=O)cc1. The number of carbonyl (C=O) groups is 2. The van der Waals surface area contributed by atoms with Crippen LogP contribution < -0.4 is 10.6 Å². The van der Waals surface area contributed by atoms with Crippen LogP contribution in [0.5, 0.6) is 0 Å². The monoisotopic (exact) mass is 362 g/mol. The largest absolute Gasteiger partial charge is 0.326 e. The molecule has 6 heteroatoms. The minimum Gasteiger partial charge on any atom is -0.326 e. The van der Waals surface area contributed by atoms with Crippen molar-refractivity contribution >= 4 is 46.6 Å². The van der Waals surface area contributed by atoms with Crippen LogP contribution in [0.2, 0.25) is 5.02 Å².